The van der Waals surface area contributed by atoms with Crippen LogP contribution in [-0.2, 0) is 14.3 Å². The molecule has 3 aliphatic rings. The lowest BCUT2D eigenvalue weighted by Gasteiger charge is -2.44. The third-order valence-electron chi connectivity index (χ3n) is 7.20. The minimum atomic E-state index is -1.19. The largest absolute Gasteiger partial charge is 0.444 e. The zero-order chi connectivity index (χ0) is 26.9. The molecule has 0 spiro atoms. The predicted octanol–water partition coefficient (Wildman–Crippen LogP) is 3.17. The van der Waals surface area contributed by atoms with Crippen LogP contribution in [0.15, 0.2) is 36.5 Å². The number of carbonyl (C=O) groups excluding carboxylic acids is 2. The molecular weight excluding hydrogens is 486 g/mol. The average molecular weight is 520 g/mol. The van der Waals surface area contributed by atoms with Crippen molar-refractivity contribution in [2.45, 2.75) is 32.8 Å². The van der Waals surface area contributed by atoms with Gasteiger partial charge in [0, 0.05) is 56.2 Å². The van der Waals surface area contributed by atoms with E-state index in [2.05, 4.69) is 26.3 Å². The lowest BCUT2D eigenvalue weighted by Crippen LogP contribution is -2.59. The van der Waals surface area contributed by atoms with Gasteiger partial charge in [-0.3, -0.25) is 9.69 Å². The van der Waals surface area contributed by atoms with Gasteiger partial charge in [-0.1, -0.05) is 0 Å². The van der Waals surface area contributed by atoms with E-state index in [9.17, 15) is 14.9 Å². The SMILES string of the molecule is CC(C)(C)OC(=O)N1CC(C2(C#N)CCN(c3ccnc(Nc4ccc(N5CCOCC5)cc4)n3)C2=O)C1. The van der Waals surface area contributed by atoms with Gasteiger partial charge in [-0.05, 0) is 57.5 Å². The van der Waals surface area contributed by atoms with Crippen molar-refractivity contribution < 1.29 is 19.1 Å². The minimum Gasteiger partial charge on any atom is -0.444 e. The van der Waals surface area contributed by atoms with E-state index in [1.807, 2.05) is 45.0 Å². The van der Waals surface area contributed by atoms with Gasteiger partial charge in [-0.15, -0.1) is 0 Å². The maximum atomic E-state index is 13.5. The highest BCUT2D eigenvalue weighted by Gasteiger charge is 2.57. The standard InChI is InChI=1S/C27H33N7O4/c1-26(2,3)38-25(36)33-16-19(17-33)27(18-28)9-11-34(23(27)35)22-8-10-29-24(31-22)30-20-4-6-21(7-5-20)32-12-14-37-15-13-32/h4-8,10,19H,9,11-17H2,1-3H3,(H,29,30,31). The summed E-state index contributed by atoms with van der Waals surface area (Å²) in [5.41, 5.74) is 0.172. The average Bonchev–Trinajstić information content (AvgIpc) is 3.20. The molecule has 0 radical (unpaired) electrons. The number of rotatable bonds is 5. The summed E-state index contributed by atoms with van der Waals surface area (Å²) in [6.07, 6.45) is 1.55. The van der Waals surface area contributed by atoms with Crippen molar-refractivity contribution in [1.82, 2.24) is 14.9 Å². The lowest BCUT2D eigenvalue weighted by atomic mass is 9.71. The van der Waals surface area contributed by atoms with Gasteiger partial charge < -0.3 is 24.6 Å². The number of hydrogen-bond donors (Lipinski definition) is 1. The first-order chi connectivity index (χ1) is 18.2. The Kier molecular flexibility index (Phi) is 6.84. The molecule has 5 rings (SSSR count). The summed E-state index contributed by atoms with van der Waals surface area (Å²) in [5.74, 6) is 0.275. The van der Waals surface area contributed by atoms with Gasteiger partial charge in [-0.25, -0.2) is 9.78 Å². The van der Waals surface area contributed by atoms with Crippen molar-refractivity contribution in [3.05, 3.63) is 36.5 Å². The molecule has 1 N–H and O–H groups in total. The maximum absolute atomic E-state index is 13.5. The highest BCUT2D eigenvalue weighted by Crippen LogP contribution is 2.44. The molecule has 1 atom stereocenters. The van der Waals surface area contributed by atoms with Crippen LogP contribution >= 0.6 is 0 Å². The van der Waals surface area contributed by atoms with Gasteiger partial charge in [0.2, 0.25) is 11.9 Å². The Balaban J connectivity index is 1.23. The van der Waals surface area contributed by atoms with E-state index in [-0.39, 0.29) is 11.8 Å². The zero-order valence-corrected chi connectivity index (χ0v) is 22.0. The number of amides is 2. The van der Waals surface area contributed by atoms with Gasteiger partial charge in [0.1, 0.15) is 16.8 Å². The number of ether oxygens (including phenoxy) is 2. The van der Waals surface area contributed by atoms with Crippen LogP contribution in [0.3, 0.4) is 0 Å². The van der Waals surface area contributed by atoms with Crippen LogP contribution in [0.5, 0.6) is 0 Å². The van der Waals surface area contributed by atoms with Crippen LogP contribution in [0.2, 0.25) is 0 Å². The Labute approximate surface area is 222 Å². The normalized spacial score (nSPS) is 22.2. The molecule has 11 nitrogen and oxygen atoms in total. The third-order valence-corrected chi connectivity index (χ3v) is 7.20. The second-order valence-electron chi connectivity index (χ2n) is 10.9. The van der Waals surface area contributed by atoms with E-state index >= 15 is 0 Å². The summed E-state index contributed by atoms with van der Waals surface area (Å²) >= 11 is 0. The number of nitriles is 1. The molecule has 0 bridgehead atoms. The van der Waals surface area contributed by atoms with Crippen molar-refractivity contribution in [3.63, 3.8) is 0 Å². The number of anilines is 4. The first kappa shape index (κ1) is 25.7. The molecule has 0 saturated carbocycles. The Morgan fingerprint density at radius 1 is 1.16 bits per heavy atom. The molecule has 2 amide bonds. The fourth-order valence-electron chi connectivity index (χ4n) is 5.06. The lowest BCUT2D eigenvalue weighted by molar-refractivity contribution is -0.128. The zero-order valence-electron chi connectivity index (χ0n) is 22.0. The van der Waals surface area contributed by atoms with Crippen LogP contribution < -0.4 is 15.1 Å². The number of carbonyl (C=O) groups is 2. The maximum Gasteiger partial charge on any atom is 0.410 e. The van der Waals surface area contributed by atoms with Crippen molar-refractivity contribution in [3.8, 4) is 6.07 Å². The highest BCUT2D eigenvalue weighted by atomic mass is 16.6. The molecule has 38 heavy (non-hydrogen) atoms. The first-order valence-corrected chi connectivity index (χ1v) is 12.9. The molecule has 4 heterocycles. The molecule has 11 heteroatoms. The monoisotopic (exact) mass is 519 g/mol. The molecule has 1 aromatic carbocycles. The number of benzene rings is 1. The minimum absolute atomic E-state index is 0.248. The van der Waals surface area contributed by atoms with E-state index in [1.165, 1.54) is 0 Å². The number of aromatic nitrogens is 2. The van der Waals surface area contributed by atoms with E-state index in [1.54, 1.807) is 22.1 Å². The van der Waals surface area contributed by atoms with Crippen LogP contribution in [0, 0.1) is 22.7 Å². The summed E-state index contributed by atoms with van der Waals surface area (Å²) in [7, 11) is 0. The molecule has 3 aliphatic heterocycles. The van der Waals surface area contributed by atoms with Crippen LogP contribution in [0.1, 0.15) is 27.2 Å². The molecule has 1 unspecified atom stereocenters. The Bertz CT molecular complexity index is 1230. The van der Waals surface area contributed by atoms with Gasteiger partial charge in [0.15, 0.2) is 0 Å². The number of likely N-dealkylation sites (tertiary alicyclic amines) is 1. The summed E-state index contributed by atoms with van der Waals surface area (Å²) in [4.78, 5) is 40.1. The number of nitrogens with zero attached hydrogens (tertiary/aromatic N) is 6. The fourth-order valence-corrected chi connectivity index (χ4v) is 5.06. The number of nitrogens with one attached hydrogen (secondary N) is 1. The van der Waals surface area contributed by atoms with E-state index < -0.39 is 17.1 Å². The summed E-state index contributed by atoms with van der Waals surface area (Å²) in [6, 6.07) is 12.0. The fraction of sp³-hybridized carbons (Fsp3) is 0.519. The number of hydrogen-bond acceptors (Lipinski definition) is 9. The molecule has 2 aromatic rings. The first-order valence-electron chi connectivity index (χ1n) is 12.9. The smallest absolute Gasteiger partial charge is 0.410 e. The van der Waals surface area contributed by atoms with E-state index in [4.69, 9.17) is 9.47 Å². The van der Waals surface area contributed by atoms with Crippen LogP contribution in [0.4, 0.5) is 27.9 Å². The van der Waals surface area contributed by atoms with E-state index in [0.717, 1.165) is 37.7 Å². The third kappa shape index (κ3) is 5.09. The predicted molar refractivity (Wildman–Crippen MR) is 141 cm³/mol. The molecular formula is C27H33N7O4. The van der Waals surface area contributed by atoms with Crippen LogP contribution in [0.25, 0.3) is 0 Å². The molecule has 0 aliphatic carbocycles. The summed E-state index contributed by atoms with van der Waals surface area (Å²) in [6.45, 7) is 9.63. The second-order valence-corrected chi connectivity index (χ2v) is 10.9. The Morgan fingerprint density at radius 2 is 1.87 bits per heavy atom. The number of morpholine rings is 1. The quantitative estimate of drug-likeness (QED) is 0.634. The van der Waals surface area contributed by atoms with Crippen molar-refractivity contribution >= 4 is 35.1 Å². The topological polar surface area (TPSA) is 124 Å². The van der Waals surface area contributed by atoms with Crippen LogP contribution in [-0.4, -0.2) is 78.4 Å². The summed E-state index contributed by atoms with van der Waals surface area (Å²) < 4.78 is 10.8. The Hall–Kier alpha value is -3.91. The van der Waals surface area contributed by atoms with Crippen molar-refractivity contribution in [2.75, 3.05) is 61.1 Å². The van der Waals surface area contributed by atoms with Gasteiger partial charge in [0.25, 0.3) is 0 Å². The van der Waals surface area contributed by atoms with Crippen molar-refractivity contribution in [2.24, 2.45) is 11.3 Å². The molecule has 3 saturated heterocycles. The highest BCUT2D eigenvalue weighted by molar-refractivity contribution is 6.01. The van der Waals surface area contributed by atoms with E-state index in [0.29, 0.717) is 37.8 Å². The van der Waals surface area contributed by atoms with Crippen molar-refractivity contribution in [1.29, 1.82) is 5.26 Å². The van der Waals surface area contributed by atoms with Gasteiger partial charge in [0.05, 0.1) is 19.3 Å². The molecule has 200 valence electrons. The molecule has 3 fully saturated rings. The second kappa shape index (κ2) is 10.1. The van der Waals surface area contributed by atoms with Gasteiger partial charge >= 0.3 is 6.09 Å². The van der Waals surface area contributed by atoms with Gasteiger partial charge in [-0.2, -0.15) is 10.2 Å². The molecule has 1 aromatic heterocycles. The Morgan fingerprint density at radius 3 is 2.53 bits per heavy atom. The summed E-state index contributed by atoms with van der Waals surface area (Å²) in [5, 5.41) is 13.3.